The summed E-state index contributed by atoms with van der Waals surface area (Å²) in [6, 6.07) is 6.15. The van der Waals surface area contributed by atoms with Gasteiger partial charge in [-0.25, -0.2) is 0 Å². The molecule has 1 aromatic heterocycles. The van der Waals surface area contributed by atoms with Crippen LogP contribution in [-0.4, -0.2) is 39.1 Å². The van der Waals surface area contributed by atoms with Crippen molar-refractivity contribution < 1.29 is 14.3 Å². The molecule has 0 bridgehead atoms. The zero-order valence-corrected chi connectivity index (χ0v) is 19.1. The summed E-state index contributed by atoms with van der Waals surface area (Å²) < 4.78 is 13.5. The molecule has 2 aromatic rings. The monoisotopic (exact) mass is 432 g/mol. The lowest BCUT2D eigenvalue weighted by molar-refractivity contribution is -0.119. The minimum Gasteiger partial charge on any atom is -0.490 e. The number of benzene rings is 1. The van der Waals surface area contributed by atoms with Gasteiger partial charge in [0.05, 0.1) is 12.4 Å². The van der Waals surface area contributed by atoms with Crippen molar-refractivity contribution in [2.75, 3.05) is 12.4 Å². The Morgan fingerprint density at radius 1 is 1.23 bits per heavy atom. The van der Waals surface area contributed by atoms with Crippen LogP contribution < -0.4 is 14.8 Å². The summed E-state index contributed by atoms with van der Waals surface area (Å²) in [7, 11) is 1.89. The molecule has 7 nitrogen and oxygen atoms in total. The first-order valence-corrected chi connectivity index (χ1v) is 11.6. The van der Waals surface area contributed by atoms with Crippen molar-refractivity contribution in [3.05, 3.63) is 29.6 Å². The molecule has 2 atom stereocenters. The molecule has 164 valence electrons. The maximum absolute atomic E-state index is 12.4. The molecule has 1 aromatic carbocycles. The molecule has 0 aliphatic heterocycles. The maximum Gasteiger partial charge on any atom is 0.230 e. The Balaban J connectivity index is 1.53. The SMILES string of the molecule is CCOc1cc(C)ccc1OCc1nnc(SCC(=O)N[C@H]2CCCC[C@H]2C)n1C. The Bertz CT molecular complexity index is 855. The summed E-state index contributed by atoms with van der Waals surface area (Å²) in [6.07, 6.45) is 4.73. The topological polar surface area (TPSA) is 78.3 Å². The highest BCUT2D eigenvalue weighted by atomic mass is 32.2. The third kappa shape index (κ3) is 5.90. The van der Waals surface area contributed by atoms with Crippen LogP contribution in [0.15, 0.2) is 23.4 Å². The Morgan fingerprint density at radius 2 is 2.03 bits per heavy atom. The third-order valence-electron chi connectivity index (χ3n) is 5.47. The minimum atomic E-state index is 0.0561. The standard InChI is InChI=1S/C22H32N4O3S/c1-5-28-19-12-15(2)10-11-18(19)29-13-20-24-25-22(26(20)4)30-14-21(27)23-17-9-7-6-8-16(17)3/h10-12,16-17H,5-9,13-14H2,1-4H3,(H,23,27)/t16-,17+/m1/s1. The molecule has 1 N–H and O–H groups in total. The minimum absolute atomic E-state index is 0.0561. The lowest BCUT2D eigenvalue weighted by Gasteiger charge is -2.29. The molecule has 1 amide bonds. The van der Waals surface area contributed by atoms with Crippen LogP contribution in [0.4, 0.5) is 0 Å². The quantitative estimate of drug-likeness (QED) is 0.606. The molecule has 0 unspecified atom stereocenters. The van der Waals surface area contributed by atoms with Gasteiger partial charge in [0.25, 0.3) is 0 Å². The fourth-order valence-electron chi connectivity index (χ4n) is 3.65. The number of thioether (sulfide) groups is 1. The predicted molar refractivity (Wildman–Crippen MR) is 118 cm³/mol. The molecule has 0 radical (unpaired) electrons. The second kappa shape index (κ2) is 10.7. The molecule has 0 saturated heterocycles. The van der Waals surface area contributed by atoms with E-state index in [9.17, 15) is 4.79 Å². The molecule has 1 saturated carbocycles. The normalized spacial score (nSPS) is 18.8. The van der Waals surface area contributed by atoms with Crippen LogP contribution in [0, 0.1) is 12.8 Å². The number of amides is 1. The predicted octanol–water partition coefficient (Wildman–Crippen LogP) is 3.89. The number of aryl methyl sites for hydroxylation is 1. The number of ether oxygens (including phenoxy) is 2. The average Bonchev–Trinajstić information content (AvgIpc) is 3.07. The van der Waals surface area contributed by atoms with Gasteiger partial charge in [-0.15, -0.1) is 10.2 Å². The fraction of sp³-hybridized carbons (Fsp3) is 0.591. The van der Waals surface area contributed by atoms with Gasteiger partial charge in [-0.1, -0.05) is 37.6 Å². The second-order valence-corrected chi connectivity index (χ2v) is 8.80. The fourth-order valence-corrected chi connectivity index (χ4v) is 4.39. The number of hydrogen-bond acceptors (Lipinski definition) is 6. The number of rotatable bonds is 9. The number of carbonyl (C=O) groups is 1. The Kier molecular flexibility index (Phi) is 8.01. The van der Waals surface area contributed by atoms with Gasteiger partial charge in [-0.2, -0.15) is 0 Å². The zero-order valence-electron chi connectivity index (χ0n) is 18.3. The van der Waals surface area contributed by atoms with Crippen LogP contribution in [0.5, 0.6) is 11.5 Å². The summed E-state index contributed by atoms with van der Waals surface area (Å²) in [5, 5.41) is 12.3. The molecule has 1 aliphatic rings. The molecule has 1 aliphatic carbocycles. The number of nitrogens with zero attached hydrogens (tertiary/aromatic N) is 3. The number of hydrogen-bond donors (Lipinski definition) is 1. The zero-order chi connectivity index (χ0) is 21.5. The van der Waals surface area contributed by atoms with Gasteiger partial charge < -0.3 is 19.4 Å². The van der Waals surface area contributed by atoms with Crippen LogP contribution in [0.1, 0.15) is 50.9 Å². The van der Waals surface area contributed by atoms with Crippen molar-refractivity contribution in [1.82, 2.24) is 20.1 Å². The van der Waals surface area contributed by atoms with E-state index in [-0.39, 0.29) is 12.5 Å². The van der Waals surface area contributed by atoms with E-state index in [4.69, 9.17) is 9.47 Å². The summed E-state index contributed by atoms with van der Waals surface area (Å²) in [5.74, 6) is 3.04. The first-order valence-electron chi connectivity index (χ1n) is 10.6. The molecular formula is C22H32N4O3S. The lowest BCUT2D eigenvalue weighted by Crippen LogP contribution is -2.41. The first kappa shape index (κ1) is 22.5. The Morgan fingerprint density at radius 3 is 2.80 bits per heavy atom. The highest BCUT2D eigenvalue weighted by Gasteiger charge is 2.23. The first-order chi connectivity index (χ1) is 14.5. The molecule has 1 heterocycles. The molecule has 30 heavy (non-hydrogen) atoms. The van der Waals surface area contributed by atoms with Crippen molar-refractivity contribution in [3.63, 3.8) is 0 Å². The summed E-state index contributed by atoms with van der Waals surface area (Å²) in [6.45, 7) is 7.04. The van der Waals surface area contributed by atoms with E-state index in [1.807, 2.05) is 43.7 Å². The van der Waals surface area contributed by atoms with Crippen molar-refractivity contribution in [1.29, 1.82) is 0 Å². The maximum atomic E-state index is 12.4. The van der Waals surface area contributed by atoms with Crippen LogP contribution in [0.3, 0.4) is 0 Å². The van der Waals surface area contributed by atoms with E-state index in [0.717, 1.165) is 17.7 Å². The van der Waals surface area contributed by atoms with Gasteiger partial charge >= 0.3 is 0 Å². The largest absolute Gasteiger partial charge is 0.490 e. The molecule has 0 spiro atoms. The van der Waals surface area contributed by atoms with Gasteiger partial charge in [0.1, 0.15) is 6.61 Å². The summed E-state index contributed by atoms with van der Waals surface area (Å²) in [4.78, 5) is 12.4. The highest BCUT2D eigenvalue weighted by molar-refractivity contribution is 7.99. The molecule has 3 rings (SSSR count). The second-order valence-electron chi connectivity index (χ2n) is 7.85. The van der Waals surface area contributed by atoms with Gasteiger partial charge in [0.15, 0.2) is 22.5 Å². The van der Waals surface area contributed by atoms with Crippen molar-refractivity contribution in [2.45, 2.75) is 64.3 Å². The smallest absolute Gasteiger partial charge is 0.230 e. The van der Waals surface area contributed by atoms with E-state index >= 15 is 0 Å². The average molecular weight is 433 g/mol. The van der Waals surface area contributed by atoms with Gasteiger partial charge in [0.2, 0.25) is 5.91 Å². The number of aromatic nitrogens is 3. The van der Waals surface area contributed by atoms with Crippen LogP contribution in [-0.2, 0) is 18.4 Å². The highest BCUT2D eigenvalue weighted by Crippen LogP contribution is 2.29. The Labute approximate surface area is 182 Å². The van der Waals surface area contributed by atoms with Gasteiger partial charge in [-0.3, -0.25) is 4.79 Å². The van der Waals surface area contributed by atoms with Crippen molar-refractivity contribution in [2.24, 2.45) is 13.0 Å². The van der Waals surface area contributed by atoms with Gasteiger partial charge in [0, 0.05) is 13.1 Å². The number of nitrogens with one attached hydrogen (secondary N) is 1. The van der Waals surface area contributed by atoms with E-state index < -0.39 is 0 Å². The summed E-state index contributed by atoms with van der Waals surface area (Å²) >= 11 is 1.40. The Hall–Kier alpha value is -2.22. The van der Waals surface area contributed by atoms with Crippen LogP contribution in [0.2, 0.25) is 0 Å². The van der Waals surface area contributed by atoms with Gasteiger partial charge in [-0.05, 0) is 50.3 Å². The molecule has 8 heteroatoms. The molecular weight excluding hydrogens is 400 g/mol. The van der Waals surface area contributed by atoms with Crippen molar-refractivity contribution >= 4 is 17.7 Å². The lowest BCUT2D eigenvalue weighted by atomic mass is 9.86. The van der Waals surface area contributed by atoms with E-state index in [1.165, 1.54) is 31.0 Å². The van der Waals surface area contributed by atoms with Crippen LogP contribution >= 0.6 is 11.8 Å². The van der Waals surface area contributed by atoms with E-state index in [1.54, 1.807) is 0 Å². The summed E-state index contributed by atoms with van der Waals surface area (Å²) in [5.41, 5.74) is 1.11. The van der Waals surface area contributed by atoms with Crippen molar-refractivity contribution in [3.8, 4) is 11.5 Å². The molecule has 1 fully saturated rings. The van der Waals surface area contributed by atoms with E-state index in [2.05, 4.69) is 22.4 Å². The van der Waals surface area contributed by atoms with Crippen LogP contribution in [0.25, 0.3) is 0 Å². The third-order valence-corrected chi connectivity index (χ3v) is 6.49. The number of carbonyl (C=O) groups excluding carboxylic acids is 1. The van der Waals surface area contributed by atoms with E-state index in [0.29, 0.717) is 41.0 Å².